The molecule has 0 radical (unpaired) electrons. The van der Waals surface area contributed by atoms with Gasteiger partial charge in [-0.3, -0.25) is 0 Å². The Balaban J connectivity index is 1.51. The number of aromatic nitrogens is 3. The summed E-state index contributed by atoms with van der Waals surface area (Å²) in [4.78, 5) is 13.6. The van der Waals surface area contributed by atoms with Crippen LogP contribution in [0.3, 0.4) is 0 Å². The van der Waals surface area contributed by atoms with E-state index in [0.717, 1.165) is 34.3 Å². The van der Waals surface area contributed by atoms with Gasteiger partial charge in [-0.15, -0.1) is 0 Å². The number of ether oxygens (including phenoxy) is 1. The van der Waals surface area contributed by atoms with Gasteiger partial charge in [0.1, 0.15) is 0 Å². The maximum absolute atomic E-state index is 6.15. The Kier molecular flexibility index (Phi) is 4.84. The molecular weight excluding hydrogens is 418 g/mol. The number of halogens is 1. The summed E-state index contributed by atoms with van der Waals surface area (Å²) >= 11 is 7.75. The van der Waals surface area contributed by atoms with Crippen LogP contribution < -0.4 is 14.8 Å². The molecule has 8 heteroatoms. The van der Waals surface area contributed by atoms with E-state index < -0.39 is 0 Å². The summed E-state index contributed by atoms with van der Waals surface area (Å²) in [7, 11) is 1.62. The van der Waals surface area contributed by atoms with E-state index in [1.54, 1.807) is 31.5 Å². The Morgan fingerprint density at radius 3 is 2.90 bits per heavy atom. The molecule has 150 valence electrons. The molecule has 0 bridgehead atoms. The number of hydrogen-bond donors (Lipinski definition) is 1. The van der Waals surface area contributed by atoms with Crippen LogP contribution in [-0.4, -0.2) is 28.6 Å². The summed E-state index contributed by atoms with van der Waals surface area (Å²) in [5, 5.41) is 1.56. The topological polar surface area (TPSA) is 77.2 Å². The van der Waals surface area contributed by atoms with Gasteiger partial charge in [0.2, 0.25) is 11.8 Å². The van der Waals surface area contributed by atoms with Crippen LogP contribution in [0.5, 0.6) is 5.88 Å². The lowest BCUT2D eigenvalue weighted by atomic mass is 9.97. The average molecular weight is 436 g/mol. The number of nitrogen functional groups attached to an aromatic ring is 1. The number of hydrogen-bond acceptors (Lipinski definition) is 7. The number of anilines is 2. The third-order valence-electron chi connectivity index (χ3n) is 5.08. The molecule has 0 amide bonds. The van der Waals surface area contributed by atoms with Gasteiger partial charge in [0.05, 0.1) is 28.2 Å². The van der Waals surface area contributed by atoms with Crippen molar-refractivity contribution in [2.45, 2.75) is 11.3 Å². The number of methoxy groups -OCH3 is 1. The monoisotopic (exact) mass is 435 g/mol. The molecule has 30 heavy (non-hydrogen) atoms. The Hall–Kier alpha value is -3.03. The summed E-state index contributed by atoms with van der Waals surface area (Å²) in [5.74, 6) is 0.859. The molecule has 0 saturated carbocycles. The molecule has 0 fully saturated rings. The van der Waals surface area contributed by atoms with E-state index in [9.17, 15) is 0 Å². The van der Waals surface area contributed by atoms with Crippen molar-refractivity contribution in [3.63, 3.8) is 0 Å². The van der Waals surface area contributed by atoms with Crippen molar-refractivity contribution in [1.82, 2.24) is 15.0 Å². The smallest absolute Gasteiger partial charge is 0.228 e. The van der Waals surface area contributed by atoms with E-state index in [2.05, 4.69) is 49.6 Å². The van der Waals surface area contributed by atoms with Gasteiger partial charge in [0, 0.05) is 24.3 Å². The average Bonchev–Trinajstić information content (AvgIpc) is 3.16. The Labute approximate surface area is 183 Å². The molecule has 0 unspecified atom stereocenters. The van der Waals surface area contributed by atoms with E-state index in [1.807, 2.05) is 12.1 Å². The van der Waals surface area contributed by atoms with Gasteiger partial charge >= 0.3 is 0 Å². The predicted octanol–water partition coefficient (Wildman–Crippen LogP) is 5.01. The van der Waals surface area contributed by atoms with Crippen LogP contribution >= 0.6 is 23.5 Å². The number of pyridine rings is 1. The summed E-state index contributed by atoms with van der Waals surface area (Å²) < 4.78 is 7.67. The number of nitrogens with zero attached hydrogens (tertiary/aromatic N) is 4. The van der Waals surface area contributed by atoms with Crippen LogP contribution in [0.15, 0.2) is 59.8 Å². The Bertz CT molecular complexity index is 1270. The van der Waals surface area contributed by atoms with E-state index >= 15 is 0 Å². The van der Waals surface area contributed by atoms with Gasteiger partial charge in [-0.1, -0.05) is 29.8 Å². The molecule has 4 aromatic rings. The second-order valence-corrected chi connectivity index (χ2v) is 8.41. The van der Waals surface area contributed by atoms with Gasteiger partial charge in [-0.05, 0) is 59.3 Å². The molecule has 6 nitrogen and oxygen atoms in total. The number of fused-ring (bicyclic) bond motifs is 2. The summed E-state index contributed by atoms with van der Waals surface area (Å²) in [6, 6.07) is 14.5. The van der Waals surface area contributed by atoms with Gasteiger partial charge in [-0.25, -0.2) is 15.0 Å². The Morgan fingerprint density at radius 2 is 2.03 bits per heavy atom. The largest absolute Gasteiger partial charge is 0.480 e. The first-order valence-electron chi connectivity index (χ1n) is 9.42. The lowest BCUT2D eigenvalue weighted by molar-refractivity contribution is 0.387. The van der Waals surface area contributed by atoms with Crippen molar-refractivity contribution in [2.75, 3.05) is 23.7 Å². The highest BCUT2D eigenvalue weighted by Gasteiger charge is 2.24. The second-order valence-electron chi connectivity index (χ2n) is 6.91. The molecule has 5 rings (SSSR count). The highest BCUT2D eigenvalue weighted by atomic mass is 35.5. The van der Waals surface area contributed by atoms with Crippen molar-refractivity contribution in [3.8, 4) is 17.0 Å². The van der Waals surface area contributed by atoms with E-state index in [0.29, 0.717) is 10.9 Å². The lowest BCUT2D eigenvalue weighted by Gasteiger charge is -2.19. The number of nitrogens with two attached hydrogens (primary N) is 1. The van der Waals surface area contributed by atoms with Crippen molar-refractivity contribution in [1.29, 1.82) is 0 Å². The van der Waals surface area contributed by atoms with Crippen LogP contribution in [0.1, 0.15) is 5.56 Å². The molecule has 3 heterocycles. The quantitative estimate of drug-likeness (QED) is 0.451. The molecule has 0 spiro atoms. The summed E-state index contributed by atoms with van der Waals surface area (Å²) in [6.45, 7) is 0.889. The van der Waals surface area contributed by atoms with Crippen LogP contribution in [-0.2, 0) is 6.42 Å². The van der Waals surface area contributed by atoms with Crippen molar-refractivity contribution < 1.29 is 4.74 Å². The number of benzene rings is 2. The van der Waals surface area contributed by atoms with Crippen molar-refractivity contribution in [2.24, 2.45) is 0 Å². The van der Waals surface area contributed by atoms with Gasteiger partial charge in [0.25, 0.3) is 0 Å². The van der Waals surface area contributed by atoms with Crippen molar-refractivity contribution in [3.05, 3.63) is 65.4 Å². The van der Waals surface area contributed by atoms with Gasteiger partial charge in [0.15, 0.2) is 0 Å². The molecule has 1 aliphatic heterocycles. The molecule has 0 aliphatic carbocycles. The molecule has 0 saturated heterocycles. The first-order chi connectivity index (χ1) is 14.6. The minimum Gasteiger partial charge on any atom is -0.480 e. The third kappa shape index (κ3) is 3.40. The normalized spacial score (nSPS) is 12.9. The molecule has 2 aromatic heterocycles. The maximum Gasteiger partial charge on any atom is 0.228 e. The lowest BCUT2D eigenvalue weighted by Crippen LogP contribution is -2.10. The zero-order valence-electron chi connectivity index (χ0n) is 16.2. The van der Waals surface area contributed by atoms with Crippen LogP contribution in [0.2, 0.25) is 5.02 Å². The zero-order chi connectivity index (χ0) is 20.7. The third-order valence-corrected chi connectivity index (χ3v) is 6.38. The summed E-state index contributed by atoms with van der Waals surface area (Å²) in [6.07, 6.45) is 4.31. The highest BCUT2D eigenvalue weighted by Crippen LogP contribution is 2.43. The van der Waals surface area contributed by atoms with Crippen LogP contribution in [0, 0.1) is 0 Å². The molecular formula is C22H18ClN5OS. The fourth-order valence-electron chi connectivity index (χ4n) is 3.73. The van der Waals surface area contributed by atoms with Crippen LogP contribution in [0.4, 0.5) is 11.6 Å². The minimum atomic E-state index is 0.287. The standard InChI is InChI=1S/C22H18ClN5OS/c1-29-21-20(10-15(23)12-25-21)30-28-8-7-17-16(3-2-4-19(17)28)13-5-6-18-14(9-13)11-26-22(24)27-18/h2-6,9-12H,7-8H2,1H3,(H2,24,26,27). The number of rotatable bonds is 4. The molecule has 1 aliphatic rings. The summed E-state index contributed by atoms with van der Waals surface area (Å²) in [5.41, 5.74) is 11.4. The molecule has 2 N–H and O–H groups in total. The predicted molar refractivity (Wildman–Crippen MR) is 122 cm³/mol. The first kappa shape index (κ1) is 19.0. The van der Waals surface area contributed by atoms with E-state index in [-0.39, 0.29) is 5.95 Å². The van der Waals surface area contributed by atoms with Gasteiger partial charge in [-0.2, -0.15) is 0 Å². The fraction of sp³-hybridized carbons (Fsp3) is 0.136. The molecule has 0 atom stereocenters. The fourth-order valence-corrected chi connectivity index (χ4v) is 5.04. The van der Waals surface area contributed by atoms with E-state index in [1.165, 1.54) is 16.8 Å². The van der Waals surface area contributed by atoms with E-state index in [4.69, 9.17) is 22.1 Å². The minimum absolute atomic E-state index is 0.287. The SMILES string of the molecule is COc1ncc(Cl)cc1SN1CCc2c(-c3ccc4nc(N)ncc4c3)cccc21. The van der Waals surface area contributed by atoms with Gasteiger partial charge < -0.3 is 14.8 Å². The Morgan fingerprint density at radius 1 is 1.13 bits per heavy atom. The highest BCUT2D eigenvalue weighted by molar-refractivity contribution is 8.00. The second kappa shape index (κ2) is 7.66. The maximum atomic E-state index is 6.15. The zero-order valence-corrected chi connectivity index (χ0v) is 17.7. The first-order valence-corrected chi connectivity index (χ1v) is 10.6. The van der Waals surface area contributed by atoms with Crippen molar-refractivity contribution >= 4 is 46.1 Å². The van der Waals surface area contributed by atoms with Crippen LogP contribution in [0.25, 0.3) is 22.0 Å². The molecule has 2 aromatic carbocycles.